The lowest BCUT2D eigenvalue weighted by atomic mass is 10.1. The summed E-state index contributed by atoms with van der Waals surface area (Å²) in [6, 6.07) is 6.14. The summed E-state index contributed by atoms with van der Waals surface area (Å²) >= 11 is 1.38. The number of hydrogen-bond acceptors (Lipinski definition) is 4. The Morgan fingerprint density at radius 1 is 1.12 bits per heavy atom. The van der Waals surface area contributed by atoms with E-state index in [0.29, 0.717) is 28.6 Å². The van der Waals surface area contributed by atoms with E-state index >= 15 is 0 Å². The van der Waals surface area contributed by atoms with E-state index in [1.54, 1.807) is 12.1 Å². The molecule has 2 rings (SSSR count). The van der Waals surface area contributed by atoms with Crippen LogP contribution in [0.3, 0.4) is 0 Å². The number of amides is 1. The van der Waals surface area contributed by atoms with Crippen LogP contribution in [0.5, 0.6) is 0 Å². The van der Waals surface area contributed by atoms with Gasteiger partial charge in [0.25, 0.3) is 0 Å². The van der Waals surface area contributed by atoms with Gasteiger partial charge in [-0.15, -0.1) is 10.2 Å². The molecule has 0 aliphatic rings. The van der Waals surface area contributed by atoms with Crippen molar-refractivity contribution in [2.24, 2.45) is 18.9 Å². The molecule has 7 heteroatoms. The molecule has 0 radical (unpaired) electrons. The first-order chi connectivity index (χ1) is 12.3. The summed E-state index contributed by atoms with van der Waals surface area (Å²) in [5.74, 6) is 1.68. The van der Waals surface area contributed by atoms with Crippen LogP contribution in [0, 0.1) is 17.7 Å². The zero-order valence-corrected chi connectivity index (χ0v) is 16.9. The monoisotopic (exact) mass is 378 g/mol. The van der Waals surface area contributed by atoms with Gasteiger partial charge in [-0.05, 0) is 36.1 Å². The Kier molecular flexibility index (Phi) is 7.20. The Hall–Kier alpha value is -1.89. The van der Waals surface area contributed by atoms with Gasteiger partial charge in [-0.25, -0.2) is 4.39 Å². The van der Waals surface area contributed by atoms with Crippen molar-refractivity contribution in [2.75, 3.05) is 18.8 Å². The molecule has 0 saturated heterocycles. The van der Waals surface area contributed by atoms with E-state index in [-0.39, 0.29) is 11.7 Å². The molecular weight excluding hydrogens is 351 g/mol. The molecule has 26 heavy (non-hydrogen) atoms. The maximum absolute atomic E-state index is 13.1. The molecule has 0 atom stereocenters. The minimum absolute atomic E-state index is 0.115. The number of aromatic nitrogens is 3. The molecular formula is C19H27FN4OS. The quantitative estimate of drug-likeness (QED) is 0.655. The van der Waals surface area contributed by atoms with Crippen molar-refractivity contribution in [3.8, 4) is 11.4 Å². The van der Waals surface area contributed by atoms with Crippen LogP contribution in [-0.2, 0) is 11.8 Å². The van der Waals surface area contributed by atoms with Gasteiger partial charge in [-0.3, -0.25) is 4.79 Å². The van der Waals surface area contributed by atoms with Crippen molar-refractivity contribution in [2.45, 2.75) is 32.9 Å². The van der Waals surface area contributed by atoms with Crippen molar-refractivity contribution in [3.63, 3.8) is 0 Å². The molecule has 0 fully saturated rings. The fourth-order valence-electron chi connectivity index (χ4n) is 2.67. The number of benzene rings is 1. The fraction of sp³-hybridized carbons (Fsp3) is 0.526. The van der Waals surface area contributed by atoms with Gasteiger partial charge < -0.3 is 9.47 Å². The number of nitrogens with zero attached hydrogens (tertiary/aromatic N) is 4. The lowest BCUT2D eigenvalue weighted by molar-refractivity contribution is -0.129. The summed E-state index contributed by atoms with van der Waals surface area (Å²) < 4.78 is 14.9. The third-order valence-electron chi connectivity index (χ3n) is 3.79. The van der Waals surface area contributed by atoms with Crippen LogP contribution >= 0.6 is 11.8 Å². The summed E-state index contributed by atoms with van der Waals surface area (Å²) in [4.78, 5) is 14.5. The first-order valence-electron chi connectivity index (χ1n) is 8.83. The van der Waals surface area contributed by atoms with E-state index in [0.717, 1.165) is 18.7 Å². The van der Waals surface area contributed by atoms with Crippen molar-refractivity contribution in [1.82, 2.24) is 19.7 Å². The van der Waals surface area contributed by atoms with E-state index in [4.69, 9.17) is 0 Å². The molecule has 0 unspecified atom stereocenters. The van der Waals surface area contributed by atoms with E-state index in [2.05, 4.69) is 37.9 Å². The van der Waals surface area contributed by atoms with E-state index in [9.17, 15) is 9.18 Å². The molecule has 1 heterocycles. The molecule has 1 aromatic heterocycles. The van der Waals surface area contributed by atoms with E-state index < -0.39 is 0 Å². The van der Waals surface area contributed by atoms with E-state index in [1.807, 2.05) is 16.5 Å². The summed E-state index contributed by atoms with van der Waals surface area (Å²) in [7, 11) is 1.85. The fourth-order valence-corrected chi connectivity index (χ4v) is 3.48. The standard InChI is InChI=1S/C19H27FN4OS/c1-13(2)10-24(11-14(3)4)17(25)12-26-19-22-21-18(23(19)5)15-6-8-16(20)9-7-15/h6-9,13-14H,10-12H2,1-5H3. The average molecular weight is 379 g/mol. The van der Waals surface area contributed by atoms with E-state index in [1.165, 1.54) is 23.9 Å². The lowest BCUT2D eigenvalue weighted by Crippen LogP contribution is -2.38. The largest absolute Gasteiger partial charge is 0.341 e. The molecule has 0 bridgehead atoms. The smallest absolute Gasteiger partial charge is 0.233 e. The van der Waals surface area contributed by atoms with Crippen molar-refractivity contribution < 1.29 is 9.18 Å². The molecule has 0 N–H and O–H groups in total. The Morgan fingerprint density at radius 3 is 2.23 bits per heavy atom. The molecule has 142 valence electrons. The van der Waals surface area contributed by atoms with Gasteiger partial charge in [0.1, 0.15) is 5.82 Å². The Bertz CT molecular complexity index is 718. The first-order valence-corrected chi connectivity index (χ1v) is 9.82. The van der Waals surface area contributed by atoms with Crippen molar-refractivity contribution >= 4 is 17.7 Å². The topological polar surface area (TPSA) is 51.0 Å². The van der Waals surface area contributed by atoms with Gasteiger partial charge in [0.05, 0.1) is 5.75 Å². The van der Waals surface area contributed by atoms with Crippen LogP contribution < -0.4 is 0 Å². The predicted molar refractivity (Wildman–Crippen MR) is 103 cm³/mol. The SMILES string of the molecule is CC(C)CN(CC(C)C)C(=O)CSc1nnc(-c2ccc(F)cc2)n1C. The maximum atomic E-state index is 13.1. The van der Waals surface area contributed by atoms with Gasteiger partial charge in [0, 0.05) is 25.7 Å². The Balaban J connectivity index is 2.04. The number of halogens is 1. The summed E-state index contributed by atoms with van der Waals surface area (Å²) in [5.41, 5.74) is 0.792. The molecule has 0 aliphatic carbocycles. The number of carbonyl (C=O) groups is 1. The van der Waals surface area contributed by atoms with Crippen molar-refractivity contribution in [1.29, 1.82) is 0 Å². The zero-order chi connectivity index (χ0) is 19.3. The van der Waals surface area contributed by atoms with Crippen LogP contribution in [0.4, 0.5) is 4.39 Å². The Labute approximate surface area is 159 Å². The minimum atomic E-state index is -0.286. The number of carbonyl (C=O) groups excluding carboxylic acids is 1. The van der Waals surface area contributed by atoms with Gasteiger partial charge in [0.2, 0.25) is 5.91 Å². The number of rotatable bonds is 8. The predicted octanol–water partition coefficient (Wildman–Crippen LogP) is 3.85. The highest BCUT2D eigenvalue weighted by Gasteiger charge is 2.18. The first kappa shape index (κ1) is 20.4. The highest BCUT2D eigenvalue weighted by molar-refractivity contribution is 7.99. The molecule has 1 aromatic carbocycles. The number of hydrogen-bond donors (Lipinski definition) is 0. The molecule has 0 spiro atoms. The molecule has 0 saturated carbocycles. The second-order valence-corrected chi connectivity index (χ2v) is 8.19. The highest BCUT2D eigenvalue weighted by Crippen LogP contribution is 2.23. The molecule has 5 nitrogen and oxygen atoms in total. The van der Waals surface area contributed by atoms with Crippen LogP contribution in [0.25, 0.3) is 11.4 Å². The van der Waals surface area contributed by atoms with Crippen LogP contribution in [0.15, 0.2) is 29.4 Å². The van der Waals surface area contributed by atoms with Crippen molar-refractivity contribution in [3.05, 3.63) is 30.1 Å². The second-order valence-electron chi connectivity index (χ2n) is 7.25. The van der Waals surface area contributed by atoms with Crippen LogP contribution in [0.2, 0.25) is 0 Å². The molecule has 1 amide bonds. The van der Waals surface area contributed by atoms with Gasteiger partial charge >= 0.3 is 0 Å². The average Bonchev–Trinajstić information content (AvgIpc) is 2.93. The second kappa shape index (κ2) is 9.16. The van der Waals surface area contributed by atoms with Gasteiger partial charge in [-0.2, -0.15) is 0 Å². The lowest BCUT2D eigenvalue weighted by Gasteiger charge is -2.26. The normalized spacial score (nSPS) is 11.4. The summed E-state index contributed by atoms with van der Waals surface area (Å²) in [5, 5.41) is 9.03. The van der Waals surface area contributed by atoms with Gasteiger partial charge in [-0.1, -0.05) is 39.5 Å². The van der Waals surface area contributed by atoms with Crippen LogP contribution in [0.1, 0.15) is 27.7 Å². The summed E-state index contributed by atoms with van der Waals surface area (Å²) in [6.45, 7) is 9.99. The highest BCUT2D eigenvalue weighted by atomic mass is 32.2. The minimum Gasteiger partial charge on any atom is -0.341 e. The van der Waals surface area contributed by atoms with Gasteiger partial charge in [0.15, 0.2) is 11.0 Å². The third kappa shape index (κ3) is 5.56. The van der Waals surface area contributed by atoms with Crippen LogP contribution in [-0.4, -0.2) is 44.4 Å². The molecule has 2 aromatic rings. The number of thioether (sulfide) groups is 1. The molecule has 0 aliphatic heterocycles. The maximum Gasteiger partial charge on any atom is 0.233 e. The third-order valence-corrected chi connectivity index (χ3v) is 4.79. The zero-order valence-electron chi connectivity index (χ0n) is 16.1. The Morgan fingerprint density at radius 2 is 1.69 bits per heavy atom. The summed E-state index contributed by atoms with van der Waals surface area (Å²) in [6.07, 6.45) is 0.